The zero-order chi connectivity index (χ0) is 9.26. The van der Waals surface area contributed by atoms with Gasteiger partial charge >= 0.3 is 88.6 Å². The Morgan fingerprint density at radius 3 is 2.54 bits per heavy atom. The molecule has 0 aliphatic carbocycles. The normalized spacial score (nSPS) is 16.8. The van der Waals surface area contributed by atoms with Gasteiger partial charge in [0.2, 0.25) is 0 Å². The Bertz CT molecular complexity index is 336. The summed E-state index contributed by atoms with van der Waals surface area (Å²) >= 11 is 4.45. The summed E-state index contributed by atoms with van der Waals surface area (Å²) in [7, 11) is 0. The summed E-state index contributed by atoms with van der Waals surface area (Å²) in [4.78, 5) is 13.2. The van der Waals surface area contributed by atoms with Gasteiger partial charge in [-0.1, -0.05) is 0 Å². The third-order valence-electron chi connectivity index (χ3n) is 1.77. The molecule has 1 aliphatic rings. The molecule has 0 N–H and O–H groups in total. The Kier molecular flexibility index (Phi) is 2.53. The molecule has 0 unspecified atom stereocenters. The standard InChI is InChI=1S/C9H7NOSSe/c11-8-6-12-9(13)10(8)7-4-2-1-3-5-7/h1-5H,6H2. The fraction of sp³-hybridized carbons (Fsp3) is 0.111. The van der Waals surface area contributed by atoms with E-state index >= 15 is 0 Å². The second kappa shape index (κ2) is 3.66. The first-order valence-corrected chi connectivity index (χ1v) is 5.68. The van der Waals surface area contributed by atoms with Crippen molar-refractivity contribution in [2.24, 2.45) is 0 Å². The topological polar surface area (TPSA) is 20.3 Å². The van der Waals surface area contributed by atoms with Gasteiger partial charge in [-0.25, -0.2) is 0 Å². The summed E-state index contributed by atoms with van der Waals surface area (Å²) in [5.74, 6) is 0.682. The van der Waals surface area contributed by atoms with Crippen molar-refractivity contribution in [1.29, 1.82) is 0 Å². The van der Waals surface area contributed by atoms with E-state index in [4.69, 9.17) is 0 Å². The first-order valence-electron chi connectivity index (χ1n) is 3.84. The fourth-order valence-corrected chi connectivity index (χ4v) is 2.70. The molecule has 1 amide bonds. The summed E-state index contributed by atoms with van der Waals surface area (Å²) in [5.41, 5.74) is 0.936. The van der Waals surface area contributed by atoms with E-state index in [1.807, 2.05) is 30.3 Å². The van der Waals surface area contributed by atoms with Crippen LogP contribution in [-0.4, -0.2) is 31.1 Å². The summed E-state index contributed by atoms with van der Waals surface area (Å²) < 4.78 is 0.941. The van der Waals surface area contributed by atoms with Gasteiger partial charge in [0.05, 0.1) is 0 Å². The van der Waals surface area contributed by atoms with Crippen molar-refractivity contribution in [3.63, 3.8) is 0 Å². The minimum atomic E-state index is 0.143. The third kappa shape index (κ3) is 1.70. The van der Waals surface area contributed by atoms with Gasteiger partial charge in [0, 0.05) is 0 Å². The Morgan fingerprint density at radius 2 is 2.00 bits per heavy atom. The van der Waals surface area contributed by atoms with Crippen LogP contribution in [-0.2, 0) is 4.79 Å². The molecule has 0 spiro atoms. The van der Waals surface area contributed by atoms with E-state index in [9.17, 15) is 4.79 Å². The van der Waals surface area contributed by atoms with Gasteiger partial charge in [-0.3, -0.25) is 0 Å². The molecule has 1 aromatic carbocycles. The molecule has 0 saturated carbocycles. The number of hydrogen-bond donors (Lipinski definition) is 0. The van der Waals surface area contributed by atoms with Crippen LogP contribution in [0.5, 0.6) is 0 Å². The van der Waals surface area contributed by atoms with Crippen molar-refractivity contribution in [2.45, 2.75) is 0 Å². The van der Waals surface area contributed by atoms with Crippen molar-refractivity contribution >= 4 is 42.8 Å². The molecule has 1 heterocycles. The van der Waals surface area contributed by atoms with Crippen LogP contribution in [0.25, 0.3) is 0 Å². The predicted molar refractivity (Wildman–Crippen MR) is 57.1 cm³/mol. The molecular weight excluding hydrogens is 249 g/mol. The van der Waals surface area contributed by atoms with Crippen LogP contribution in [0.2, 0.25) is 0 Å². The molecule has 2 nitrogen and oxygen atoms in total. The summed E-state index contributed by atoms with van der Waals surface area (Å²) in [5, 5.41) is 0. The van der Waals surface area contributed by atoms with Crippen LogP contribution < -0.4 is 4.90 Å². The van der Waals surface area contributed by atoms with E-state index in [2.05, 4.69) is 15.6 Å². The average Bonchev–Trinajstić information content (AvgIpc) is 2.48. The van der Waals surface area contributed by atoms with E-state index in [1.165, 1.54) is 0 Å². The Labute approximate surface area is 88.7 Å². The summed E-state index contributed by atoms with van der Waals surface area (Å²) in [6, 6.07) is 9.66. The van der Waals surface area contributed by atoms with Crippen molar-refractivity contribution in [2.75, 3.05) is 10.7 Å². The molecule has 4 heteroatoms. The van der Waals surface area contributed by atoms with Crippen LogP contribution in [0.3, 0.4) is 0 Å². The van der Waals surface area contributed by atoms with Gasteiger partial charge in [0.25, 0.3) is 0 Å². The molecule has 0 atom stereocenters. The molecule has 2 rings (SSSR count). The van der Waals surface area contributed by atoms with Gasteiger partial charge in [-0.05, 0) is 0 Å². The Morgan fingerprint density at radius 1 is 1.31 bits per heavy atom. The maximum absolute atomic E-state index is 11.4. The molecule has 0 bridgehead atoms. The minimum absolute atomic E-state index is 0.143. The predicted octanol–water partition coefficient (Wildman–Crippen LogP) is 1.02. The van der Waals surface area contributed by atoms with Crippen molar-refractivity contribution in [1.82, 2.24) is 0 Å². The van der Waals surface area contributed by atoms with Gasteiger partial charge in [0.15, 0.2) is 0 Å². The van der Waals surface area contributed by atoms with Crippen LogP contribution in [0.1, 0.15) is 0 Å². The average molecular weight is 256 g/mol. The molecule has 1 aliphatic heterocycles. The summed E-state index contributed by atoms with van der Waals surface area (Å²) in [6.45, 7) is 0. The number of rotatable bonds is 1. The number of thioether (sulfide) groups is 1. The van der Waals surface area contributed by atoms with E-state index in [0.717, 1.165) is 9.56 Å². The number of hydrogen-bond acceptors (Lipinski definition) is 2. The molecule has 13 heavy (non-hydrogen) atoms. The summed E-state index contributed by atoms with van der Waals surface area (Å²) in [6.07, 6.45) is 0. The number of carbonyl (C=O) groups is 1. The van der Waals surface area contributed by atoms with Gasteiger partial charge in [-0.15, -0.1) is 0 Å². The third-order valence-corrected chi connectivity index (χ3v) is 3.71. The van der Waals surface area contributed by atoms with Crippen LogP contribution in [0.4, 0.5) is 5.69 Å². The van der Waals surface area contributed by atoms with Crippen LogP contribution >= 0.6 is 11.8 Å². The fourth-order valence-electron chi connectivity index (χ4n) is 1.18. The van der Waals surface area contributed by atoms with Crippen molar-refractivity contribution in [3.8, 4) is 0 Å². The van der Waals surface area contributed by atoms with E-state index in [1.54, 1.807) is 16.7 Å². The number of benzene rings is 1. The van der Waals surface area contributed by atoms with Crippen LogP contribution in [0.15, 0.2) is 30.3 Å². The van der Waals surface area contributed by atoms with Crippen molar-refractivity contribution in [3.05, 3.63) is 30.3 Å². The Balaban J connectivity index is 2.36. The van der Waals surface area contributed by atoms with Gasteiger partial charge in [-0.2, -0.15) is 0 Å². The maximum atomic E-state index is 11.4. The molecule has 1 fully saturated rings. The molecule has 1 saturated heterocycles. The number of anilines is 1. The molecule has 66 valence electrons. The molecule has 1 aromatic rings. The van der Waals surface area contributed by atoms with E-state index in [-0.39, 0.29) is 5.91 Å². The Hall–Kier alpha value is -0.571. The molecular formula is C9H7NOSSe. The SMILES string of the molecule is O=C1CSC(=[Se])N1c1ccccc1. The number of amides is 1. The number of carbonyl (C=O) groups excluding carboxylic acids is 1. The van der Waals surface area contributed by atoms with Crippen LogP contribution in [0, 0.1) is 0 Å². The molecule has 0 radical (unpaired) electrons. The van der Waals surface area contributed by atoms with Crippen molar-refractivity contribution < 1.29 is 4.79 Å². The number of para-hydroxylation sites is 1. The monoisotopic (exact) mass is 257 g/mol. The zero-order valence-corrected chi connectivity index (χ0v) is 9.30. The quantitative estimate of drug-likeness (QED) is 0.699. The van der Waals surface area contributed by atoms with Gasteiger partial charge in [0.1, 0.15) is 0 Å². The second-order valence-electron chi connectivity index (χ2n) is 2.62. The number of nitrogens with zero attached hydrogens (tertiary/aromatic N) is 1. The zero-order valence-electron chi connectivity index (χ0n) is 6.77. The first-order chi connectivity index (χ1) is 6.29. The first kappa shape index (κ1) is 9.00. The molecule has 0 aromatic heterocycles. The van der Waals surface area contributed by atoms with E-state index in [0.29, 0.717) is 5.75 Å². The van der Waals surface area contributed by atoms with E-state index < -0.39 is 0 Å². The second-order valence-corrected chi connectivity index (χ2v) is 4.98. The van der Waals surface area contributed by atoms with Gasteiger partial charge < -0.3 is 0 Å².